The summed E-state index contributed by atoms with van der Waals surface area (Å²) in [7, 11) is 0. The van der Waals surface area contributed by atoms with Crippen LogP contribution in [-0.4, -0.2) is 33.9 Å². The van der Waals surface area contributed by atoms with Gasteiger partial charge in [-0.1, -0.05) is 86.6 Å². The van der Waals surface area contributed by atoms with Crippen molar-refractivity contribution in [3.63, 3.8) is 0 Å². The number of benzene rings is 3. The van der Waals surface area contributed by atoms with Gasteiger partial charge in [-0.2, -0.15) is 11.8 Å². The molecule has 3 aromatic rings. The monoisotopic (exact) mass is 447 g/mol. The van der Waals surface area contributed by atoms with Crippen LogP contribution in [0.5, 0.6) is 0 Å². The standard InChI is InChI=1S/C27H29NO3S/c1-18(2)32-17-23(16-22-14-9-13-20-10-7-8-15-24(20)22)26(29)28-19(3)25(31-27(28)30)21-11-5-4-6-12-21/h4-15,18-19,23,25H,16-17H2,1-3H3/t19-,23-,25-/m1/s1. The van der Waals surface area contributed by atoms with Crippen molar-refractivity contribution in [1.29, 1.82) is 0 Å². The van der Waals surface area contributed by atoms with Crippen LogP contribution in [-0.2, 0) is 16.0 Å². The second-order valence-corrected chi connectivity index (χ2v) is 10.2. The van der Waals surface area contributed by atoms with Crippen molar-refractivity contribution in [2.75, 3.05) is 5.75 Å². The number of amides is 2. The largest absolute Gasteiger partial charge is 0.439 e. The van der Waals surface area contributed by atoms with Crippen molar-refractivity contribution in [2.45, 2.75) is 44.6 Å². The summed E-state index contributed by atoms with van der Waals surface area (Å²) in [5.41, 5.74) is 2.04. The number of carbonyl (C=O) groups is 2. The van der Waals surface area contributed by atoms with Gasteiger partial charge in [0.15, 0.2) is 0 Å². The highest BCUT2D eigenvalue weighted by atomic mass is 32.2. The molecule has 1 heterocycles. The van der Waals surface area contributed by atoms with Crippen LogP contribution in [0.1, 0.15) is 38.0 Å². The molecule has 0 saturated carbocycles. The maximum absolute atomic E-state index is 13.7. The van der Waals surface area contributed by atoms with Crippen LogP contribution in [0.3, 0.4) is 0 Å². The van der Waals surface area contributed by atoms with Crippen LogP contribution in [0.15, 0.2) is 72.8 Å². The normalized spacial score (nSPS) is 19.4. The SMILES string of the molecule is CC(C)SC[C@@H](Cc1cccc2ccccc12)C(=O)N1C(=O)O[C@@H](c2ccccc2)[C@H]1C. The van der Waals surface area contributed by atoms with Crippen molar-refractivity contribution >= 4 is 34.5 Å². The lowest BCUT2D eigenvalue weighted by Crippen LogP contribution is -2.43. The summed E-state index contributed by atoms with van der Waals surface area (Å²) >= 11 is 1.75. The van der Waals surface area contributed by atoms with E-state index in [9.17, 15) is 9.59 Å². The number of imide groups is 1. The van der Waals surface area contributed by atoms with Crippen LogP contribution in [0.25, 0.3) is 10.8 Å². The lowest BCUT2D eigenvalue weighted by atomic mass is 9.94. The molecule has 3 atom stereocenters. The van der Waals surface area contributed by atoms with Gasteiger partial charge in [0, 0.05) is 5.75 Å². The second kappa shape index (κ2) is 9.78. The fraction of sp³-hybridized carbons (Fsp3) is 0.333. The van der Waals surface area contributed by atoms with Crippen molar-refractivity contribution in [3.8, 4) is 0 Å². The van der Waals surface area contributed by atoms with E-state index in [1.165, 1.54) is 4.90 Å². The zero-order valence-electron chi connectivity index (χ0n) is 18.7. The van der Waals surface area contributed by atoms with Crippen LogP contribution in [0.2, 0.25) is 0 Å². The van der Waals surface area contributed by atoms with Crippen LogP contribution < -0.4 is 0 Å². The number of thioether (sulfide) groups is 1. The molecule has 0 aromatic heterocycles. The lowest BCUT2D eigenvalue weighted by Gasteiger charge is -2.25. The van der Waals surface area contributed by atoms with Gasteiger partial charge in [0.05, 0.1) is 12.0 Å². The van der Waals surface area contributed by atoms with Gasteiger partial charge in [-0.05, 0) is 40.5 Å². The molecule has 1 saturated heterocycles. The number of nitrogens with zero attached hydrogens (tertiary/aromatic N) is 1. The van der Waals surface area contributed by atoms with Crippen molar-refractivity contribution in [3.05, 3.63) is 83.9 Å². The highest BCUT2D eigenvalue weighted by Gasteiger charge is 2.45. The average molecular weight is 448 g/mol. The first-order valence-corrected chi connectivity index (χ1v) is 12.2. The molecule has 0 radical (unpaired) electrons. The van der Waals surface area contributed by atoms with Crippen LogP contribution in [0, 0.1) is 5.92 Å². The molecule has 2 amide bonds. The predicted octanol–water partition coefficient (Wildman–Crippen LogP) is 6.25. The first-order valence-electron chi connectivity index (χ1n) is 11.1. The minimum Gasteiger partial charge on any atom is -0.439 e. The Morgan fingerprint density at radius 3 is 2.44 bits per heavy atom. The van der Waals surface area contributed by atoms with E-state index in [0.717, 1.165) is 21.9 Å². The highest BCUT2D eigenvalue weighted by Crippen LogP contribution is 2.34. The third kappa shape index (κ3) is 4.68. The molecule has 0 unspecified atom stereocenters. The van der Waals surface area contributed by atoms with Crippen LogP contribution >= 0.6 is 11.8 Å². The molecule has 166 valence electrons. The fourth-order valence-electron chi connectivity index (χ4n) is 4.30. The Morgan fingerprint density at radius 1 is 1.00 bits per heavy atom. The molecule has 0 spiro atoms. The fourth-order valence-corrected chi connectivity index (χ4v) is 5.18. The van der Waals surface area contributed by atoms with E-state index in [4.69, 9.17) is 4.74 Å². The molecule has 3 aromatic carbocycles. The number of carbonyl (C=O) groups excluding carboxylic acids is 2. The summed E-state index contributed by atoms with van der Waals surface area (Å²) in [6.07, 6.45) is -0.399. The van der Waals surface area contributed by atoms with Gasteiger partial charge >= 0.3 is 6.09 Å². The summed E-state index contributed by atoms with van der Waals surface area (Å²) in [4.78, 5) is 27.8. The minimum absolute atomic E-state index is 0.151. The summed E-state index contributed by atoms with van der Waals surface area (Å²) < 4.78 is 5.65. The lowest BCUT2D eigenvalue weighted by molar-refractivity contribution is -0.132. The molecular weight excluding hydrogens is 418 g/mol. The van der Waals surface area contributed by atoms with E-state index < -0.39 is 12.2 Å². The molecule has 0 N–H and O–H groups in total. The van der Waals surface area contributed by atoms with Gasteiger partial charge in [-0.3, -0.25) is 4.79 Å². The molecular formula is C27H29NO3S. The molecule has 1 fully saturated rings. The van der Waals surface area contributed by atoms with Crippen molar-refractivity contribution in [1.82, 2.24) is 4.90 Å². The number of fused-ring (bicyclic) bond motifs is 1. The molecule has 1 aliphatic heterocycles. The molecule has 4 rings (SSSR count). The molecule has 0 bridgehead atoms. The first kappa shape index (κ1) is 22.4. The Bertz CT molecular complexity index is 1090. The predicted molar refractivity (Wildman–Crippen MR) is 131 cm³/mol. The van der Waals surface area contributed by atoms with E-state index in [2.05, 4.69) is 38.1 Å². The smallest absolute Gasteiger partial charge is 0.417 e. The Morgan fingerprint density at radius 2 is 1.69 bits per heavy atom. The Balaban J connectivity index is 1.61. The Kier molecular flexibility index (Phi) is 6.85. The maximum Gasteiger partial charge on any atom is 0.417 e. The van der Waals surface area contributed by atoms with E-state index in [-0.39, 0.29) is 17.9 Å². The Labute approximate surface area is 193 Å². The zero-order chi connectivity index (χ0) is 22.7. The molecule has 1 aliphatic rings. The van der Waals surface area contributed by atoms with Gasteiger partial charge in [-0.25, -0.2) is 9.69 Å². The van der Waals surface area contributed by atoms with Crippen LogP contribution in [0.4, 0.5) is 4.79 Å². The Hall–Kier alpha value is -2.79. The van der Waals surface area contributed by atoms with E-state index in [0.29, 0.717) is 17.4 Å². The topological polar surface area (TPSA) is 46.6 Å². The zero-order valence-corrected chi connectivity index (χ0v) is 19.5. The number of hydrogen-bond donors (Lipinski definition) is 0. The minimum atomic E-state index is -0.547. The van der Waals surface area contributed by atoms with E-state index >= 15 is 0 Å². The summed E-state index contributed by atoms with van der Waals surface area (Å²) in [6, 6.07) is 23.7. The van der Waals surface area contributed by atoms with Crippen molar-refractivity contribution in [2.24, 2.45) is 5.92 Å². The van der Waals surface area contributed by atoms with Crippen molar-refractivity contribution < 1.29 is 14.3 Å². The first-order chi connectivity index (χ1) is 15.5. The van der Waals surface area contributed by atoms with Gasteiger partial charge < -0.3 is 4.74 Å². The summed E-state index contributed by atoms with van der Waals surface area (Å²) in [5.74, 6) is 0.200. The van der Waals surface area contributed by atoms with Gasteiger partial charge in [0.25, 0.3) is 0 Å². The highest BCUT2D eigenvalue weighted by molar-refractivity contribution is 7.99. The van der Waals surface area contributed by atoms with E-state index in [1.54, 1.807) is 11.8 Å². The number of ether oxygens (including phenoxy) is 1. The molecule has 4 nitrogen and oxygen atoms in total. The van der Waals surface area contributed by atoms with Gasteiger partial charge in [0.1, 0.15) is 6.10 Å². The summed E-state index contributed by atoms with van der Waals surface area (Å²) in [5, 5.41) is 2.71. The molecule has 5 heteroatoms. The van der Waals surface area contributed by atoms with E-state index in [1.807, 2.05) is 55.5 Å². The number of cyclic esters (lactones) is 1. The molecule has 32 heavy (non-hydrogen) atoms. The summed E-state index contributed by atoms with van der Waals surface area (Å²) in [6.45, 7) is 6.15. The third-order valence-corrected chi connectivity index (χ3v) is 7.22. The third-order valence-electron chi connectivity index (χ3n) is 5.96. The maximum atomic E-state index is 13.7. The number of hydrogen-bond acceptors (Lipinski definition) is 4. The molecule has 0 aliphatic carbocycles. The average Bonchev–Trinajstić information content (AvgIpc) is 3.10. The second-order valence-electron chi connectivity index (χ2n) is 8.59. The van der Waals surface area contributed by atoms with Gasteiger partial charge in [0.2, 0.25) is 5.91 Å². The number of rotatable bonds is 7. The quantitative estimate of drug-likeness (QED) is 0.430. The van der Waals surface area contributed by atoms with Gasteiger partial charge in [-0.15, -0.1) is 0 Å².